The van der Waals surface area contributed by atoms with Crippen LogP contribution in [0.5, 0.6) is 0 Å². The summed E-state index contributed by atoms with van der Waals surface area (Å²) >= 11 is 0. The highest BCUT2D eigenvalue weighted by Crippen LogP contribution is 2.53. The molecular weight excluding hydrogens is 124 g/mol. The van der Waals surface area contributed by atoms with Gasteiger partial charge in [-0.25, -0.2) is 0 Å². The van der Waals surface area contributed by atoms with Crippen molar-refractivity contribution in [3.05, 3.63) is 12.2 Å². The van der Waals surface area contributed by atoms with Gasteiger partial charge in [0.1, 0.15) is 5.78 Å². The van der Waals surface area contributed by atoms with Crippen molar-refractivity contribution in [1.29, 1.82) is 0 Å². The summed E-state index contributed by atoms with van der Waals surface area (Å²) in [6.45, 7) is 5.96. The number of carbonyl (C=O) groups excluding carboxylic acids is 1. The van der Waals surface area contributed by atoms with E-state index in [-0.39, 0.29) is 0 Å². The summed E-state index contributed by atoms with van der Waals surface area (Å²) in [5, 5.41) is 0. The van der Waals surface area contributed by atoms with E-state index in [1.807, 2.05) is 0 Å². The lowest BCUT2D eigenvalue weighted by molar-refractivity contribution is -0.123. The molecule has 0 N–H and O–H groups in total. The summed E-state index contributed by atoms with van der Waals surface area (Å²) in [5.41, 5.74) is 1.19. The number of carbonyl (C=O) groups is 1. The molecule has 0 spiro atoms. The van der Waals surface area contributed by atoms with E-state index in [0.29, 0.717) is 30.0 Å². The molecule has 0 bridgehead atoms. The molecule has 0 aromatic rings. The monoisotopic (exact) mass is 136 g/mol. The molecule has 2 aliphatic rings. The molecule has 2 aliphatic carbocycles. The van der Waals surface area contributed by atoms with Crippen LogP contribution in [0.1, 0.15) is 19.8 Å². The molecule has 0 aliphatic heterocycles. The third-order valence-electron chi connectivity index (χ3n) is 2.92. The largest absolute Gasteiger partial charge is 0.299 e. The van der Waals surface area contributed by atoms with Gasteiger partial charge in [0.2, 0.25) is 0 Å². The molecule has 10 heavy (non-hydrogen) atoms. The van der Waals surface area contributed by atoms with Crippen LogP contribution in [0, 0.1) is 17.8 Å². The van der Waals surface area contributed by atoms with E-state index < -0.39 is 0 Å². The van der Waals surface area contributed by atoms with Crippen LogP contribution in [-0.2, 0) is 4.79 Å². The first kappa shape index (κ1) is 6.14. The highest BCUT2D eigenvalue weighted by atomic mass is 16.1. The molecule has 0 radical (unpaired) electrons. The van der Waals surface area contributed by atoms with Gasteiger partial charge in [0.15, 0.2) is 0 Å². The third-order valence-corrected chi connectivity index (χ3v) is 2.92. The lowest BCUT2D eigenvalue weighted by Crippen LogP contribution is -2.19. The Kier molecular flexibility index (Phi) is 1.05. The third kappa shape index (κ3) is 0.664. The van der Waals surface area contributed by atoms with Crippen molar-refractivity contribution in [1.82, 2.24) is 0 Å². The van der Waals surface area contributed by atoms with Crippen LogP contribution >= 0.6 is 0 Å². The summed E-state index contributed by atoms with van der Waals surface area (Å²) in [6, 6.07) is 0. The van der Waals surface area contributed by atoms with Crippen LogP contribution in [0.2, 0.25) is 0 Å². The maximum Gasteiger partial charge on any atom is 0.140 e. The van der Waals surface area contributed by atoms with Gasteiger partial charge in [-0.1, -0.05) is 19.1 Å². The second-order valence-corrected chi connectivity index (χ2v) is 3.60. The van der Waals surface area contributed by atoms with Crippen LogP contribution < -0.4 is 0 Å². The van der Waals surface area contributed by atoms with Crippen molar-refractivity contribution < 1.29 is 4.79 Å². The highest BCUT2D eigenvalue weighted by Gasteiger charge is 2.48. The molecule has 0 saturated heterocycles. The highest BCUT2D eigenvalue weighted by molar-refractivity contribution is 5.85. The number of ketones is 1. The van der Waals surface area contributed by atoms with Gasteiger partial charge < -0.3 is 0 Å². The first-order valence-corrected chi connectivity index (χ1v) is 3.90. The smallest absolute Gasteiger partial charge is 0.140 e. The van der Waals surface area contributed by atoms with Gasteiger partial charge in [0, 0.05) is 12.3 Å². The van der Waals surface area contributed by atoms with E-state index in [1.165, 1.54) is 12.0 Å². The van der Waals surface area contributed by atoms with Crippen LogP contribution in [0.3, 0.4) is 0 Å². The number of Topliss-reactive ketones (excluding diaryl/α,β-unsaturated/α-hetero) is 1. The number of hydrogen-bond donors (Lipinski definition) is 0. The number of fused-ring (bicyclic) bond motifs is 1. The second kappa shape index (κ2) is 1.71. The predicted octanol–water partition coefficient (Wildman–Crippen LogP) is 1.79. The Morgan fingerprint density at radius 1 is 1.60 bits per heavy atom. The summed E-state index contributed by atoms with van der Waals surface area (Å²) < 4.78 is 0. The molecule has 2 fully saturated rings. The van der Waals surface area contributed by atoms with Crippen molar-refractivity contribution in [2.24, 2.45) is 17.8 Å². The summed E-state index contributed by atoms with van der Waals surface area (Å²) in [7, 11) is 0. The van der Waals surface area contributed by atoms with Crippen molar-refractivity contribution >= 4 is 5.78 Å². The lowest BCUT2D eigenvalue weighted by atomic mass is 9.87. The van der Waals surface area contributed by atoms with Gasteiger partial charge >= 0.3 is 0 Å². The van der Waals surface area contributed by atoms with Crippen LogP contribution in [0.25, 0.3) is 0 Å². The quantitative estimate of drug-likeness (QED) is 0.464. The fourth-order valence-corrected chi connectivity index (χ4v) is 1.99. The van der Waals surface area contributed by atoms with E-state index in [4.69, 9.17) is 0 Å². The van der Waals surface area contributed by atoms with Crippen LogP contribution in [0.15, 0.2) is 12.2 Å². The van der Waals surface area contributed by atoms with Crippen molar-refractivity contribution in [3.8, 4) is 0 Å². The molecule has 3 unspecified atom stereocenters. The van der Waals surface area contributed by atoms with Crippen molar-refractivity contribution in [2.45, 2.75) is 19.8 Å². The molecule has 54 valence electrons. The Balaban J connectivity index is 2.20. The number of hydrogen-bond acceptors (Lipinski definition) is 1. The Bertz CT molecular complexity index is 205. The van der Waals surface area contributed by atoms with E-state index in [1.54, 1.807) is 0 Å². The Morgan fingerprint density at radius 3 is 3.00 bits per heavy atom. The maximum atomic E-state index is 11.2. The molecule has 2 rings (SSSR count). The zero-order chi connectivity index (χ0) is 7.30. The Labute approximate surface area is 61.1 Å². The fraction of sp³-hybridized carbons (Fsp3) is 0.667. The summed E-state index contributed by atoms with van der Waals surface area (Å²) in [4.78, 5) is 11.2. The molecule has 0 aromatic heterocycles. The molecule has 0 amide bonds. The molecule has 0 aromatic carbocycles. The average molecular weight is 136 g/mol. The normalized spacial score (nSPS) is 45.1. The van der Waals surface area contributed by atoms with Gasteiger partial charge in [-0.05, 0) is 18.3 Å². The topological polar surface area (TPSA) is 17.1 Å². The molecule has 1 nitrogen and oxygen atoms in total. The van der Waals surface area contributed by atoms with Gasteiger partial charge in [-0.2, -0.15) is 0 Å². The molecule has 0 heterocycles. The van der Waals surface area contributed by atoms with E-state index in [0.717, 1.165) is 0 Å². The van der Waals surface area contributed by atoms with Crippen LogP contribution in [0.4, 0.5) is 0 Å². The van der Waals surface area contributed by atoms with E-state index in [9.17, 15) is 4.79 Å². The molecular formula is C9H12O. The summed E-state index contributed by atoms with van der Waals surface area (Å²) in [5.74, 6) is 2.13. The first-order valence-electron chi connectivity index (χ1n) is 3.90. The molecule has 3 atom stereocenters. The van der Waals surface area contributed by atoms with Gasteiger partial charge in [-0.3, -0.25) is 4.79 Å². The van der Waals surface area contributed by atoms with Gasteiger partial charge in [-0.15, -0.1) is 0 Å². The first-order chi connectivity index (χ1) is 4.70. The minimum atomic E-state index is 0.329. The van der Waals surface area contributed by atoms with Gasteiger partial charge in [0.05, 0.1) is 0 Å². The number of allylic oxidation sites excluding steroid dienone is 1. The minimum Gasteiger partial charge on any atom is -0.299 e. The van der Waals surface area contributed by atoms with E-state index >= 15 is 0 Å². The predicted molar refractivity (Wildman–Crippen MR) is 39.5 cm³/mol. The second-order valence-electron chi connectivity index (χ2n) is 3.60. The Morgan fingerprint density at radius 2 is 2.30 bits per heavy atom. The van der Waals surface area contributed by atoms with E-state index in [2.05, 4.69) is 13.5 Å². The van der Waals surface area contributed by atoms with Crippen molar-refractivity contribution in [3.63, 3.8) is 0 Å². The summed E-state index contributed by atoms with van der Waals surface area (Å²) in [6.07, 6.45) is 1.88. The van der Waals surface area contributed by atoms with Gasteiger partial charge in [0.25, 0.3) is 0 Å². The minimum absolute atomic E-state index is 0.329. The maximum absolute atomic E-state index is 11.2. The Hall–Kier alpha value is -0.590. The molecule has 2 saturated carbocycles. The van der Waals surface area contributed by atoms with Crippen LogP contribution in [-0.4, -0.2) is 5.78 Å². The fourth-order valence-electron chi connectivity index (χ4n) is 1.99. The van der Waals surface area contributed by atoms with Crippen molar-refractivity contribution in [2.75, 3.05) is 0 Å². The average Bonchev–Trinajstić information content (AvgIpc) is 2.61. The SMILES string of the molecule is C=C1CC(=O)C(C)C2CC12. The number of rotatable bonds is 0. The standard InChI is InChI=1S/C9H12O/c1-5-3-9(10)6(2)8-4-7(5)8/h6-8H,1,3-4H2,2H3. The lowest BCUT2D eigenvalue weighted by Gasteiger charge is -2.16. The zero-order valence-corrected chi connectivity index (χ0v) is 6.26. The molecule has 1 heteroatoms. The zero-order valence-electron chi connectivity index (χ0n) is 6.26.